The second-order valence-corrected chi connectivity index (χ2v) is 9.04. The molecule has 1 aliphatic rings. The number of aryl methyl sites for hydroxylation is 1. The van der Waals surface area contributed by atoms with Crippen LogP contribution in [0.3, 0.4) is 0 Å². The van der Waals surface area contributed by atoms with E-state index in [1.807, 2.05) is 12.3 Å². The number of benzene rings is 1. The summed E-state index contributed by atoms with van der Waals surface area (Å²) in [4.78, 5) is 16.8. The largest absolute Gasteiger partial charge is 0.456 e. The van der Waals surface area contributed by atoms with Crippen LogP contribution in [0.15, 0.2) is 34.5 Å². The second kappa shape index (κ2) is 8.28. The lowest BCUT2D eigenvalue weighted by molar-refractivity contribution is 0.0468. The Morgan fingerprint density at radius 1 is 1.27 bits per heavy atom. The van der Waals surface area contributed by atoms with Crippen LogP contribution in [0.5, 0.6) is 0 Å². The maximum atomic E-state index is 12.7. The molecule has 1 aromatic heterocycles. The predicted octanol–water partition coefficient (Wildman–Crippen LogP) is 3.24. The summed E-state index contributed by atoms with van der Waals surface area (Å²) in [6.07, 6.45) is 3.63. The van der Waals surface area contributed by atoms with E-state index in [1.54, 1.807) is 12.1 Å². The number of hydrogen-bond donors (Lipinski definition) is 0. The lowest BCUT2D eigenvalue weighted by Gasteiger charge is -2.25. The highest BCUT2D eigenvalue weighted by atomic mass is 32.2. The van der Waals surface area contributed by atoms with Crippen molar-refractivity contribution in [3.05, 3.63) is 45.9 Å². The lowest BCUT2D eigenvalue weighted by Crippen LogP contribution is -2.35. The van der Waals surface area contributed by atoms with Gasteiger partial charge >= 0.3 is 5.97 Å². The molecule has 1 aromatic carbocycles. The Hall–Kier alpha value is -1.77. The van der Waals surface area contributed by atoms with E-state index in [0.717, 1.165) is 30.7 Å². The first-order valence-corrected chi connectivity index (χ1v) is 11.0. The van der Waals surface area contributed by atoms with Crippen LogP contribution in [0.25, 0.3) is 0 Å². The summed E-state index contributed by atoms with van der Waals surface area (Å²) >= 11 is 1.53. The number of carbonyl (C=O) groups excluding carboxylic acids is 1. The molecule has 6 nitrogen and oxygen atoms in total. The van der Waals surface area contributed by atoms with Gasteiger partial charge in [0.1, 0.15) is 6.61 Å². The molecule has 0 radical (unpaired) electrons. The molecule has 0 bridgehead atoms. The molecule has 2 aromatic rings. The van der Waals surface area contributed by atoms with Crippen LogP contribution in [0, 0.1) is 0 Å². The average Bonchev–Trinajstić information content (AvgIpc) is 3.15. The Bertz CT molecular complexity index is 871. The molecule has 1 fully saturated rings. The second-order valence-electron chi connectivity index (χ2n) is 6.15. The van der Waals surface area contributed by atoms with Crippen molar-refractivity contribution in [3.8, 4) is 0 Å². The van der Waals surface area contributed by atoms with Crippen molar-refractivity contribution in [1.82, 2.24) is 9.29 Å². The molecule has 3 rings (SSSR count). The molecule has 0 amide bonds. The molecule has 0 aliphatic carbocycles. The first-order chi connectivity index (χ1) is 12.5. The molecular weight excluding hydrogens is 372 g/mol. The van der Waals surface area contributed by atoms with Gasteiger partial charge < -0.3 is 4.74 Å². The smallest absolute Gasteiger partial charge is 0.338 e. The maximum absolute atomic E-state index is 12.7. The quantitative estimate of drug-likeness (QED) is 0.703. The Kier molecular flexibility index (Phi) is 6.05. The number of piperidine rings is 1. The van der Waals surface area contributed by atoms with Crippen LogP contribution in [-0.2, 0) is 27.8 Å². The van der Waals surface area contributed by atoms with Gasteiger partial charge in [-0.15, -0.1) is 11.3 Å². The van der Waals surface area contributed by atoms with Gasteiger partial charge in [0, 0.05) is 18.5 Å². The number of sulfonamides is 1. The zero-order valence-electron chi connectivity index (χ0n) is 14.7. The number of ether oxygens (including phenoxy) is 1. The number of thiazole rings is 1. The Balaban J connectivity index is 1.70. The van der Waals surface area contributed by atoms with Crippen LogP contribution >= 0.6 is 11.3 Å². The SMILES string of the molecule is CCc1nc(COC(=O)c2cccc(S(=O)(=O)N3CCCCC3)c2)cs1. The third-order valence-corrected chi connectivity index (χ3v) is 7.21. The fourth-order valence-corrected chi connectivity index (χ4v) is 5.13. The van der Waals surface area contributed by atoms with Crippen molar-refractivity contribution in [3.63, 3.8) is 0 Å². The minimum absolute atomic E-state index is 0.0818. The zero-order chi connectivity index (χ0) is 18.6. The van der Waals surface area contributed by atoms with Crippen LogP contribution in [-0.4, -0.2) is 36.8 Å². The molecule has 0 atom stereocenters. The first-order valence-electron chi connectivity index (χ1n) is 8.71. The van der Waals surface area contributed by atoms with E-state index in [4.69, 9.17) is 4.74 Å². The van der Waals surface area contributed by atoms with Crippen LogP contribution < -0.4 is 0 Å². The average molecular weight is 395 g/mol. The number of carbonyl (C=O) groups is 1. The Morgan fingerprint density at radius 2 is 2.04 bits per heavy atom. The predicted molar refractivity (Wildman–Crippen MR) is 99.7 cm³/mol. The minimum Gasteiger partial charge on any atom is -0.456 e. The summed E-state index contributed by atoms with van der Waals surface area (Å²) in [7, 11) is -3.57. The van der Waals surface area contributed by atoms with E-state index in [0.29, 0.717) is 18.8 Å². The summed E-state index contributed by atoms with van der Waals surface area (Å²) in [6, 6.07) is 6.06. The zero-order valence-corrected chi connectivity index (χ0v) is 16.3. The lowest BCUT2D eigenvalue weighted by atomic mass is 10.2. The van der Waals surface area contributed by atoms with E-state index in [9.17, 15) is 13.2 Å². The molecule has 0 N–H and O–H groups in total. The molecule has 140 valence electrons. The van der Waals surface area contributed by atoms with E-state index in [1.165, 1.54) is 27.8 Å². The molecule has 0 spiro atoms. The number of hydrogen-bond acceptors (Lipinski definition) is 6. The van der Waals surface area contributed by atoms with Gasteiger partial charge in [0.15, 0.2) is 0 Å². The van der Waals surface area contributed by atoms with E-state index in [2.05, 4.69) is 4.98 Å². The molecule has 8 heteroatoms. The van der Waals surface area contributed by atoms with Gasteiger partial charge in [0.05, 0.1) is 21.2 Å². The van der Waals surface area contributed by atoms with Crippen molar-refractivity contribution in [2.24, 2.45) is 0 Å². The van der Waals surface area contributed by atoms with Gasteiger partial charge in [-0.3, -0.25) is 0 Å². The molecule has 1 saturated heterocycles. The molecular formula is C18H22N2O4S2. The van der Waals surface area contributed by atoms with Crippen LogP contribution in [0.1, 0.15) is 47.2 Å². The minimum atomic E-state index is -3.57. The third kappa shape index (κ3) is 4.31. The summed E-state index contributed by atoms with van der Waals surface area (Å²) in [5, 5.41) is 2.86. The van der Waals surface area contributed by atoms with Gasteiger partial charge in [0.2, 0.25) is 10.0 Å². The molecule has 1 aliphatic heterocycles. The Morgan fingerprint density at radius 3 is 2.73 bits per heavy atom. The highest BCUT2D eigenvalue weighted by Gasteiger charge is 2.26. The molecule has 26 heavy (non-hydrogen) atoms. The molecule has 0 saturated carbocycles. The van der Waals surface area contributed by atoms with Crippen LogP contribution in [0.4, 0.5) is 0 Å². The van der Waals surface area contributed by atoms with E-state index >= 15 is 0 Å². The van der Waals surface area contributed by atoms with Crippen molar-refractivity contribution < 1.29 is 17.9 Å². The van der Waals surface area contributed by atoms with Gasteiger partial charge in [-0.1, -0.05) is 19.4 Å². The van der Waals surface area contributed by atoms with Crippen molar-refractivity contribution in [2.45, 2.75) is 44.1 Å². The highest BCUT2D eigenvalue weighted by Crippen LogP contribution is 2.22. The highest BCUT2D eigenvalue weighted by molar-refractivity contribution is 7.89. The number of esters is 1. The van der Waals surface area contributed by atoms with Crippen LogP contribution in [0.2, 0.25) is 0 Å². The maximum Gasteiger partial charge on any atom is 0.338 e. The summed E-state index contributed by atoms with van der Waals surface area (Å²) in [5.74, 6) is -0.549. The van der Waals surface area contributed by atoms with Crippen molar-refractivity contribution in [1.29, 1.82) is 0 Å². The third-order valence-electron chi connectivity index (χ3n) is 4.28. The molecule has 0 unspecified atom stereocenters. The fraction of sp³-hybridized carbons (Fsp3) is 0.444. The normalized spacial score (nSPS) is 15.7. The summed E-state index contributed by atoms with van der Waals surface area (Å²) in [6.45, 7) is 3.16. The fourth-order valence-electron chi connectivity index (χ4n) is 2.84. The number of nitrogens with zero attached hydrogens (tertiary/aromatic N) is 2. The van der Waals surface area contributed by atoms with E-state index < -0.39 is 16.0 Å². The number of aromatic nitrogens is 1. The summed E-state index contributed by atoms with van der Waals surface area (Å²) < 4.78 is 32.3. The van der Waals surface area contributed by atoms with Gasteiger partial charge in [-0.2, -0.15) is 4.31 Å². The monoisotopic (exact) mass is 394 g/mol. The van der Waals surface area contributed by atoms with Gasteiger partial charge in [0.25, 0.3) is 0 Å². The molecule has 2 heterocycles. The van der Waals surface area contributed by atoms with Crippen molar-refractivity contribution in [2.75, 3.05) is 13.1 Å². The summed E-state index contributed by atoms with van der Waals surface area (Å²) in [5.41, 5.74) is 0.936. The standard InChI is InChI=1S/C18H22N2O4S2/c1-2-17-19-15(13-25-17)12-24-18(21)14-7-6-8-16(11-14)26(22,23)20-9-4-3-5-10-20/h6-8,11,13H,2-5,9-10,12H2,1H3. The van der Waals surface area contributed by atoms with Crippen molar-refractivity contribution >= 4 is 27.3 Å². The first kappa shape index (κ1) is 19.0. The van der Waals surface area contributed by atoms with E-state index in [-0.39, 0.29) is 17.1 Å². The number of rotatable bonds is 6. The van der Waals surface area contributed by atoms with Gasteiger partial charge in [-0.25, -0.2) is 18.2 Å². The van der Waals surface area contributed by atoms with Gasteiger partial charge in [-0.05, 0) is 37.5 Å². The Labute approximate surface area is 157 Å². The topological polar surface area (TPSA) is 76.6 Å².